The van der Waals surface area contributed by atoms with Crippen LogP contribution in [0.5, 0.6) is 0 Å². The van der Waals surface area contributed by atoms with Crippen molar-refractivity contribution in [3.05, 3.63) is 30.4 Å². The van der Waals surface area contributed by atoms with Crippen LogP contribution in [0.4, 0.5) is 0 Å². The van der Waals surface area contributed by atoms with Crippen LogP contribution < -0.4 is 0 Å². The molecule has 0 saturated carbocycles. The average Bonchev–Trinajstić information content (AvgIpc) is 3.07. The van der Waals surface area contributed by atoms with Crippen molar-refractivity contribution in [1.82, 2.24) is 14.5 Å². The Bertz CT molecular complexity index is 501. The maximum atomic E-state index is 12.6. The van der Waals surface area contributed by atoms with Crippen LogP contribution >= 0.6 is 0 Å². The third-order valence-electron chi connectivity index (χ3n) is 4.14. The van der Waals surface area contributed by atoms with Gasteiger partial charge in [0.1, 0.15) is 5.82 Å². The Balaban J connectivity index is 1.77. The molecule has 0 radical (unpaired) electrons. The zero-order valence-electron chi connectivity index (χ0n) is 11.9. The summed E-state index contributed by atoms with van der Waals surface area (Å²) in [5.41, 5.74) is 0. The molecule has 1 atom stereocenters. The molecule has 1 aliphatic carbocycles. The van der Waals surface area contributed by atoms with Crippen molar-refractivity contribution in [3.63, 3.8) is 0 Å². The highest BCUT2D eigenvalue weighted by Gasteiger charge is 2.30. The SMILES string of the molecule is COC[C@H]1CN(C(=O)C2CC=CC2)Cc2nccn2C1. The Hall–Kier alpha value is -1.62. The first-order valence-electron chi connectivity index (χ1n) is 7.20. The van der Waals surface area contributed by atoms with Crippen LogP contribution in [0.3, 0.4) is 0 Å². The van der Waals surface area contributed by atoms with E-state index in [-0.39, 0.29) is 11.8 Å². The van der Waals surface area contributed by atoms with E-state index >= 15 is 0 Å². The van der Waals surface area contributed by atoms with Gasteiger partial charge in [-0.2, -0.15) is 0 Å². The summed E-state index contributed by atoms with van der Waals surface area (Å²) in [6, 6.07) is 0. The minimum absolute atomic E-state index is 0.125. The Morgan fingerprint density at radius 1 is 1.40 bits per heavy atom. The summed E-state index contributed by atoms with van der Waals surface area (Å²) in [6.07, 6.45) is 9.76. The lowest BCUT2D eigenvalue weighted by molar-refractivity contribution is -0.136. The molecule has 2 heterocycles. The summed E-state index contributed by atoms with van der Waals surface area (Å²) >= 11 is 0. The fourth-order valence-corrected chi connectivity index (χ4v) is 3.13. The van der Waals surface area contributed by atoms with Gasteiger partial charge in [0.25, 0.3) is 0 Å². The monoisotopic (exact) mass is 275 g/mol. The van der Waals surface area contributed by atoms with E-state index in [0.717, 1.165) is 31.8 Å². The van der Waals surface area contributed by atoms with Crippen molar-refractivity contribution in [2.24, 2.45) is 11.8 Å². The molecule has 1 aromatic heterocycles. The molecular weight excluding hydrogens is 254 g/mol. The first-order chi connectivity index (χ1) is 9.78. The highest BCUT2D eigenvalue weighted by Crippen LogP contribution is 2.24. The quantitative estimate of drug-likeness (QED) is 0.785. The smallest absolute Gasteiger partial charge is 0.226 e. The molecule has 3 rings (SSSR count). The molecule has 1 aliphatic heterocycles. The third kappa shape index (κ3) is 2.63. The van der Waals surface area contributed by atoms with Crippen LogP contribution in [0.1, 0.15) is 18.7 Å². The van der Waals surface area contributed by atoms with Crippen LogP contribution in [-0.4, -0.2) is 40.6 Å². The van der Waals surface area contributed by atoms with Crippen molar-refractivity contribution < 1.29 is 9.53 Å². The van der Waals surface area contributed by atoms with E-state index in [1.165, 1.54) is 0 Å². The normalized spacial score (nSPS) is 22.9. The maximum absolute atomic E-state index is 12.6. The van der Waals surface area contributed by atoms with Crippen LogP contribution in [0.2, 0.25) is 0 Å². The van der Waals surface area contributed by atoms with Crippen molar-refractivity contribution in [3.8, 4) is 0 Å². The van der Waals surface area contributed by atoms with Gasteiger partial charge in [-0.05, 0) is 12.8 Å². The van der Waals surface area contributed by atoms with Crippen LogP contribution in [0.15, 0.2) is 24.5 Å². The number of hydrogen-bond donors (Lipinski definition) is 0. The van der Waals surface area contributed by atoms with Crippen molar-refractivity contribution in [2.75, 3.05) is 20.3 Å². The number of allylic oxidation sites excluding steroid dienone is 2. The van der Waals surface area contributed by atoms with Gasteiger partial charge in [0.05, 0.1) is 13.2 Å². The number of hydrogen-bond acceptors (Lipinski definition) is 3. The Morgan fingerprint density at radius 3 is 2.95 bits per heavy atom. The molecule has 0 bridgehead atoms. The van der Waals surface area contributed by atoms with Crippen LogP contribution in [-0.2, 0) is 22.6 Å². The number of nitrogens with zero attached hydrogens (tertiary/aromatic N) is 3. The summed E-state index contributed by atoms with van der Waals surface area (Å²) in [7, 11) is 1.72. The van der Waals surface area contributed by atoms with Gasteiger partial charge in [-0.3, -0.25) is 4.79 Å². The van der Waals surface area contributed by atoms with Gasteiger partial charge in [0.15, 0.2) is 0 Å². The van der Waals surface area contributed by atoms with Crippen molar-refractivity contribution in [1.29, 1.82) is 0 Å². The summed E-state index contributed by atoms with van der Waals surface area (Å²) in [4.78, 5) is 19.0. The zero-order chi connectivity index (χ0) is 13.9. The van der Waals surface area contributed by atoms with E-state index in [2.05, 4.69) is 21.7 Å². The number of amides is 1. The molecule has 108 valence electrons. The molecule has 1 aromatic rings. The Kier molecular flexibility index (Phi) is 3.87. The number of carbonyl (C=O) groups excluding carboxylic acids is 1. The lowest BCUT2D eigenvalue weighted by atomic mass is 10.0. The number of carbonyl (C=O) groups is 1. The minimum atomic E-state index is 0.125. The van der Waals surface area contributed by atoms with Gasteiger partial charge in [0.2, 0.25) is 5.91 Å². The molecule has 1 amide bonds. The lowest BCUT2D eigenvalue weighted by Gasteiger charge is -2.26. The van der Waals surface area contributed by atoms with E-state index in [1.54, 1.807) is 7.11 Å². The number of ether oxygens (including phenoxy) is 1. The number of methoxy groups -OCH3 is 1. The van der Waals surface area contributed by atoms with E-state index in [0.29, 0.717) is 19.1 Å². The fraction of sp³-hybridized carbons (Fsp3) is 0.600. The standard InChI is InChI=1S/C15H21N3O2/c1-20-11-12-8-17-7-6-16-14(17)10-18(9-12)15(19)13-4-2-3-5-13/h2-3,6-7,12-13H,4-5,8-11H2,1H3/t12-/m1/s1. The number of imidazole rings is 1. The largest absolute Gasteiger partial charge is 0.384 e. The molecule has 0 spiro atoms. The molecular formula is C15H21N3O2. The van der Waals surface area contributed by atoms with Crippen LogP contribution in [0, 0.1) is 11.8 Å². The number of fused-ring (bicyclic) bond motifs is 1. The molecule has 0 unspecified atom stereocenters. The highest BCUT2D eigenvalue weighted by atomic mass is 16.5. The molecule has 0 saturated heterocycles. The number of aromatic nitrogens is 2. The predicted octanol–water partition coefficient (Wildman–Crippen LogP) is 1.45. The van der Waals surface area contributed by atoms with E-state index in [4.69, 9.17) is 4.74 Å². The third-order valence-corrected chi connectivity index (χ3v) is 4.14. The van der Waals surface area contributed by atoms with E-state index in [9.17, 15) is 4.79 Å². The van der Waals surface area contributed by atoms with Gasteiger partial charge in [0, 0.05) is 44.4 Å². The number of rotatable bonds is 3. The molecule has 20 heavy (non-hydrogen) atoms. The second-order valence-corrected chi connectivity index (χ2v) is 5.68. The van der Waals surface area contributed by atoms with E-state index in [1.807, 2.05) is 17.3 Å². The molecule has 2 aliphatic rings. The highest BCUT2D eigenvalue weighted by molar-refractivity contribution is 5.79. The minimum Gasteiger partial charge on any atom is -0.384 e. The first-order valence-corrected chi connectivity index (χ1v) is 7.20. The zero-order valence-corrected chi connectivity index (χ0v) is 11.9. The Morgan fingerprint density at radius 2 is 2.20 bits per heavy atom. The van der Waals surface area contributed by atoms with Gasteiger partial charge in [-0.25, -0.2) is 4.98 Å². The van der Waals surface area contributed by atoms with Crippen molar-refractivity contribution in [2.45, 2.75) is 25.9 Å². The summed E-state index contributed by atoms with van der Waals surface area (Å²) in [5, 5.41) is 0. The molecule has 5 nitrogen and oxygen atoms in total. The van der Waals surface area contributed by atoms with Crippen LogP contribution in [0.25, 0.3) is 0 Å². The van der Waals surface area contributed by atoms with Gasteiger partial charge in [-0.1, -0.05) is 12.2 Å². The summed E-state index contributed by atoms with van der Waals surface area (Å²) in [5.74, 6) is 1.68. The molecule has 0 N–H and O–H groups in total. The van der Waals surface area contributed by atoms with Crippen molar-refractivity contribution >= 4 is 5.91 Å². The molecule has 0 aromatic carbocycles. The van der Waals surface area contributed by atoms with Gasteiger partial charge < -0.3 is 14.2 Å². The topological polar surface area (TPSA) is 47.4 Å². The molecule has 0 fully saturated rings. The fourth-order valence-electron chi connectivity index (χ4n) is 3.13. The molecule has 5 heteroatoms. The van der Waals surface area contributed by atoms with Gasteiger partial charge in [-0.15, -0.1) is 0 Å². The summed E-state index contributed by atoms with van der Waals surface area (Å²) < 4.78 is 7.44. The lowest BCUT2D eigenvalue weighted by Crippen LogP contribution is -2.38. The van der Waals surface area contributed by atoms with Gasteiger partial charge >= 0.3 is 0 Å². The second-order valence-electron chi connectivity index (χ2n) is 5.68. The average molecular weight is 275 g/mol. The first kappa shape index (κ1) is 13.4. The predicted molar refractivity (Wildman–Crippen MR) is 74.9 cm³/mol. The Labute approximate surface area is 119 Å². The second kappa shape index (κ2) is 5.79. The maximum Gasteiger partial charge on any atom is 0.226 e. The summed E-state index contributed by atoms with van der Waals surface area (Å²) in [6.45, 7) is 2.91. The van der Waals surface area contributed by atoms with E-state index < -0.39 is 0 Å².